The first-order chi connectivity index (χ1) is 13.2. The summed E-state index contributed by atoms with van der Waals surface area (Å²) >= 11 is 0. The summed E-state index contributed by atoms with van der Waals surface area (Å²) in [6, 6.07) is 7.38. The highest BCUT2D eigenvalue weighted by Crippen LogP contribution is 2.35. The van der Waals surface area contributed by atoms with Crippen molar-refractivity contribution in [3.05, 3.63) is 47.4 Å². The van der Waals surface area contributed by atoms with E-state index in [9.17, 15) is 4.79 Å². The fraction of sp³-hybridized carbons (Fsp3) is 0.450. The molecular formula is C20H26N4O3. The Labute approximate surface area is 159 Å². The molecule has 27 heavy (non-hydrogen) atoms. The first-order valence-electron chi connectivity index (χ1n) is 9.42. The third kappa shape index (κ3) is 4.13. The smallest absolute Gasteiger partial charge is 0.338 e. The molecule has 1 aliphatic heterocycles. The summed E-state index contributed by atoms with van der Waals surface area (Å²) in [6.07, 6.45) is 4.36. The van der Waals surface area contributed by atoms with Crippen LogP contribution >= 0.6 is 0 Å². The number of nitrogens with zero attached hydrogens (tertiary/aromatic N) is 3. The number of carbonyl (C=O) groups is 1. The number of aromatic nitrogens is 3. The molecule has 0 bridgehead atoms. The fourth-order valence-electron chi connectivity index (χ4n) is 3.02. The van der Waals surface area contributed by atoms with Gasteiger partial charge in [0.05, 0.1) is 18.8 Å². The Morgan fingerprint density at radius 3 is 2.67 bits per heavy atom. The van der Waals surface area contributed by atoms with E-state index in [1.165, 1.54) is 6.33 Å². The minimum absolute atomic E-state index is 0.337. The number of esters is 1. The third-order valence-corrected chi connectivity index (χ3v) is 4.41. The van der Waals surface area contributed by atoms with Crippen LogP contribution in [-0.2, 0) is 9.53 Å². The summed E-state index contributed by atoms with van der Waals surface area (Å²) in [4.78, 5) is 17.0. The number of allylic oxidation sites excluding steroid dienone is 1. The summed E-state index contributed by atoms with van der Waals surface area (Å²) in [5.41, 5.74) is 2.19. The summed E-state index contributed by atoms with van der Waals surface area (Å²) < 4.78 is 12.9. The van der Waals surface area contributed by atoms with Gasteiger partial charge >= 0.3 is 5.97 Å². The molecular weight excluding hydrogens is 344 g/mol. The van der Waals surface area contributed by atoms with Crippen LogP contribution in [0.2, 0.25) is 0 Å². The number of unbranched alkanes of at least 4 members (excludes halogenated alkanes) is 1. The number of hydrogen-bond acceptors (Lipinski definition) is 6. The number of nitrogens with one attached hydrogen (secondary N) is 1. The number of hydrogen-bond donors (Lipinski definition) is 1. The van der Waals surface area contributed by atoms with Crippen molar-refractivity contribution >= 4 is 11.9 Å². The Morgan fingerprint density at radius 1 is 1.19 bits per heavy atom. The maximum Gasteiger partial charge on any atom is 0.338 e. The minimum atomic E-state index is -0.391. The number of benzene rings is 1. The molecule has 0 saturated carbocycles. The molecule has 2 aromatic rings. The maximum atomic E-state index is 12.7. The number of rotatable bonds is 8. The zero-order valence-electron chi connectivity index (χ0n) is 16.1. The first-order valence-corrected chi connectivity index (χ1v) is 9.42. The second-order valence-electron chi connectivity index (χ2n) is 6.50. The molecule has 1 aromatic carbocycles. The van der Waals surface area contributed by atoms with Crippen LogP contribution in [0.3, 0.4) is 0 Å². The Bertz CT molecular complexity index is 811. The summed E-state index contributed by atoms with van der Waals surface area (Å²) in [5, 5.41) is 7.45. The quantitative estimate of drug-likeness (QED) is 0.564. The lowest BCUT2D eigenvalue weighted by Crippen LogP contribution is -2.29. The zero-order chi connectivity index (χ0) is 19.2. The average Bonchev–Trinajstić information content (AvgIpc) is 3.14. The normalized spacial score (nSPS) is 15.9. The minimum Gasteiger partial charge on any atom is -0.494 e. The molecule has 2 heterocycles. The van der Waals surface area contributed by atoms with Gasteiger partial charge in [0, 0.05) is 5.70 Å². The van der Waals surface area contributed by atoms with E-state index >= 15 is 0 Å². The largest absolute Gasteiger partial charge is 0.494 e. The standard InChI is InChI=1S/C20H26N4O3/c1-4-6-12-26-16-9-7-15(8-10-16)18-17(19(25)27-11-5-2)14(3)23-20-21-13-22-24(18)20/h7-10,13,18H,4-6,11-12H2,1-3H3,(H,21,22,23). The van der Waals surface area contributed by atoms with E-state index in [2.05, 4.69) is 22.3 Å². The molecule has 1 aromatic heterocycles. The van der Waals surface area contributed by atoms with Crippen molar-refractivity contribution in [3.63, 3.8) is 0 Å². The lowest BCUT2D eigenvalue weighted by molar-refractivity contribution is -0.139. The Kier molecular flexibility index (Phi) is 6.11. The molecule has 1 atom stereocenters. The third-order valence-electron chi connectivity index (χ3n) is 4.41. The lowest BCUT2D eigenvalue weighted by Gasteiger charge is -2.28. The highest BCUT2D eigenvalue weighted by atomic mass is 16.5. The van der Waals surface area contributed by atoms with Crippen molar-refractivity contribution in [1.82, 2.24) is 14.8 Å². The maximum absolute atomic E-state index is 12.7. The van der Waals surface area contributed by atoms with Crippen LogP contribution in [0.4, 0.5) is 5.95 Å². The lowest BCUT2D eigenvalue weighted by atomic mass is 9.96. The van der Waals surface area contributed by atoms with Gasteiger partial charge in [-0.15, -0.1) is 0 Å². The van der Waals surface area contributed by atoms with E-state index < -0.39 is 6.04 Å². The molecule has 1 aliphatic rings. The molecule has 0 spiro atoms. The number of ether oxygens (including phenoxy) is 2. The highest BCUT2D eigenvalue weighted by molar-refractivity contribution is 5.92. The summed E-state index contributed by atoms with van der Waals surface area (Å²) in [6.45, 7) is 7.04. The molecule has 1 unspecified atom stereocenters. The Balaban J connectivity index is 1.91. The van der Waals surface area contributed by atoms with E-state index in [0.717, 1.165) is 36.3 Å². The van der Waals surface area contributed by atoms with Gasteiger partial charge in [-0.05, 0) is 37.5 Å². The van der Waals surface area contributed by atoms with E-state index in [4.69, 9.17) is 9.47 Å². The van der Waals surface area contributed by atoms with Gasteiger partial charge in [-0.25, -0.2) is 9.48 Å². The molecule has 1 N–H and O–H groups in total. The van der Waals surface area contributed by atoms with E-state index in [1.807, 2.05) is 38.1 Å². The topological polar surface area (TPSA) is 78.3 Å². The fourth-order valence-corrected chi connectivity index (χ4v) is 3.02. The molecule has 0 amide bonds. The van der Waals surface area contributed by atoms with Gasteiger partial charge in [-0.1, -0.05) is 32.4 Å². The molecule has 144 valence electrons. The average molecular weight is 370 g/mol. The van der Waals surface area contributed by atoms with Crippen molar-refractivity contribution in [1.29, 1.82) is 0 Å². The van der Waals surface area contributed by atoms with Crippen LogP contribution < -0.4 is 10.1 Å². The van der Waals surface area contributed by atoms with Crippen LogP contribution in [-0.4, -0.2) is 33.9 Å². The molecule has 3 rings (SSSR count). The van der Waals surface area contributed by atoms with Crippen LogP contribution in [0.25, 0.3) is 0 Å². The van der Waals surface area contributed by atoms with Gasteiger partial charge in [-0.2, -0.15) is 10.1 Å². The van der Waals surface area contributed by atoms with Gasteiger partial charge < -0.3 is 14.8 Å². The van der Waals surface area contributed by atoms with Crippen LogP contribution in [0.5, 0.6) is 5.75 Å². The van der Waals surface area contributed by atoms with Crippen molar-refractivity contribution in [2.45, 2.75) is 46.1 Å². The van der Waals surface area contributed by atoms with Gasteiger partial charge in [-0.3, -0.25) is 0 Å². The zero-order valence-corrected chi connectivity index (χ0v) is 16.1. The number of carbonyl (C=O) groups excluding carboxylic acids is 1. The second kappa shape index (κ2) is 8.70. The number of anilines is 1. The van der Waals surface area contributed by atoms with E-state index in [-0.39, 0.29) is 5.97 Å². The van der Waals surface area contributed by atoms with Crippen molar-refractivity contribution in [2.75, 3.05) is 18.5 Å². The van der Waals surface area contributed by atoms with E-state index in [1.54, 1.807) is 4.68 Å². The molecule has 0 saturated heterocycles. The van der Waals surface area contributed by atoms with Gasteiger partial charge in [0.25, 0.3) is 0 Å². The van der Waals surface area contributed by atoms with E-state index in [0.29, 0.717) is 24.7 Å². The molecule has 0 fully saturated rings. The molecule has 0 aliphatic carbocycles. The summed E-state index contributed by atoms with van der Waals surface area (Å²) in [5.74, 6) is 1.08. The molecule has 7 nitrogen and oxygen atoms in total. The van der Waals surface area contributed by atoms with Gasteiger partial charge in [0.15, 0.2) is 0 Å². The van der Waals surface area contributed by atoms with Crippen molar-refractivity contribution < 1.29 is 14.3 Å². The SMILES string of the molecule is CCCCOc1ccc(C2C(C(=O)OCCC)=C(C)Nc3ncnn32)cc1. The van der Waals surface area contributed by atoms with Gasteiger partial charge in [0.1, 0.15) is 18.1 Å². The predicted octanol–water partition coefficient (Wildman–Crippen LogP) is 3.70. The van der Waals surface area contributed by atoms with Crippen LogP contribution in [0.15, 0.2) is 41.9 Å². The van der Waals surface area contributed by atoms with Crippen molar-refractivity contribution in [3.8, 4) is 5.75 Å². The number of fused-ring (bicyclic) bond motifs is 1. The highest BCUT2D eigenvalue weighted by Gasteiger charge is 2.34. The molecule has 0 radical (unpaired) electrons. The Morgan fingerprint density at radius 2 is 1.96 bits per heavy atom. The molecule has 7 heteroatoms. The van der Waals surface area contributed by atoms with Crippen LogP contribution in [0.1, 0.15) is 51.6 Å². The van der Waals surface area contributed by atoms with Crippen molar-refractivity contribution in [2.24, 2.45) is 0 Å². The second-order valence-corrected chi connectivity index (χ2v) is 6.50. The monoisotopic (exact) mass is 370 g/mol. The Hall–Kier alpha value is -2.83. The van der Waals surface area contributed by atoms with Gasteiger partial charge in [0.2, 0.25) is 5.95 Å². The summed E-state index contributed by atoms with van der Waals surface area (Å²) in [7, 11) is 0. The predicted molar refractivity (Wildman–Crippen MR) is 103 cm³/mol. The first kappa shape index (κ1) is 18.9. The van der Waals surface area contributed by atoms with Crippen LogP contribution in [0, 0.1) is 0 Å².